The molecular weight excluding hydrogens is 316 g/mol. The number of aliphatic hydroxyl groups excluding tert-OH is 1. The number of quaternary nitrogens is 1. The zero-order chi connectivity index (χ0) is 16.4. The van der Waals surface area contributed by atoms with Gasteiger partial charge in [-0.1, -0.05) is 23.7 Å². The van der Waals surface area contributed by atoms with E-state index >= 15 is 0 Å². The lowest BCUT2D eigenvalue weighted by Gasteiger charge is -2.35. The van der Waals surface area contributed by atoms with Crippen molar-refractivity contribution in [3.8, 4) is 0 Å². The summed E-state index contributed by atoms with van der Waals surface area (Å²) in [5, 5.41) is 9.68. The van der Waals surface area contributed by atoms with E-state index in [4.69, 9.17) is 11.6 Å². The Labute approximate surface area is 140 Å². The fraction of sp³-hybridized carbons (Fsp3) is 0.529. The molecule has 0 aliphatic carbocycles. The minimum absolute atomic E-state index is 0.122. The van der Waals surface area contributed by atoms with Crippen LogP contribution < -0.4 is 9.80 Å². The van der Waals surface area contributed by atoms with Crippen LogP contribution in [0.15, 0.2) is 24.3 Å². The monoisotopic (exact) mass is 337 g/mol. The van der Waals surface area contributed by atoms with Crippen LogP contribution in [0.25, 0.3) is 0 Å². The zero-order valence-corrected chi connectivity index (χ0v) is 13.8. The highest BCUT2D eigenvalue weighted by Gasteiger charge is 2.48. The highest BCUT2D eigenvalue weighted by molar-refractivity contribution is 6.36. The summed E-state index contributed by atoms with van der Waals surface area (Å²) in [6, 6.07) is 6.85. The molecule has 0 aromatic heterocycles. The van der Waals surface area contributed by atoms with Crippen molar-refractivity contribution < 1.29 is 19.6 Å². The molecule has 1 unspecified atom stereocenters. The number of likely N-dealkylation sites (tertiary alicyclic amines) is 1. The molecule has 6 heteroatoms. The van der Waals surface area contributed by atoms with Crippen LogP contribution in [-0.2, 0) is 9.59 Å². The molecule has 2 amide bonds. The summed E-state index contributed by atoms with van der Waals surface area (Å²) in [4.78, 5) is 27.7. The van der Waals surface area contributed by atoms with Crippen molar-refractivity contribution in [1.29, 1.82) is 0 Å². The lowest BCUT2D eigenvalue weighted by atomic mass is 9.97. The van der Waals surface area contributed by atoms with Crippen LogP contribution in [0.3, 0.4) is 0 Å². The van der Waals surface area contributed by atoms with E-state index in [1.807, 2.05) is 0 Å². The molecule has 2 N–H and O–H groups in total. The fourth-order valence-corrected chi connectivity index (χ4v) is 4.08. The number of nitrogens with one attached hydrogen (secondary N) is 1. The maximum absolute atomic E-state index is 12.9. The molecule has 3 rings (SSSR count). The van der Waals surface area contributed by atoms with Crippen molar-refractivity contribution >= 4 is 29.1 Å². The van der Waals surface area contributed by atoms with E-state index in [1.165, 1.54) is 4.90 Å². The van der Waals surface area contributed by atoms with E-state index in [2.05, 4.69) is 0 Å². The molecule has 23 heavy (non-hydrogen) atoms. The normalized spacial score (nSPS) is 28.4. The Morgan fingerprint density at radius 1 is 1.26 bits per heavy atom. The van der Waals surface area contributed by atoms with Crippen molar-refractivity contribution in [2.75, 3.05) is 18.1 Å². The third-order valence-corrected chi connectivity index (χ3v) is 5.28. The van der Waals surface area contributed by atoms with Gasteiger partial charge in [0.05, 0.1) is 29.7 Å². The second-order valence-corrected chi connectivity index (χ2v) is 6.71. The van der Waals surface area contributed by atoms with E-state index in [-0.39, 0.29) is 36.9 Å². The Hall–Kier alpha value is -1.43. The Kier molecular flexibility index (Phi) is 4.99. The van der Waals surface area contributed by atoms with Crippen LogP contribution in [0, 0.1) is 0 Å². The molecule has 1 aromatic carbocycles. The predicted molar refractivity (Wildman–Crippen MR) is 87.5 cm³/mol. The number of carbonyl (C=O) groups is 2. The second kappa shape index (κ2) is 6.99. The first-order valence-corrected chi connectivity index (χ1v) is 8.59. The number of aliphatic hydroxyl groups is 1. The number of piperidine rings is 1. The minimum atomic E-state index is -0.351. The van der Waals surface area contributed by atoms with E-state index in [9.17, 15) is 14.7 Å². The Morgan fingerprint density at radius 2 is 2.04 bits per heavy atom. The lowest BCUT2D eigenvalue weighted by Crippen LogP contribution is -3.20. The number of rotatable bonds is 4. The molecule has 2 aliphatic rings. The van der Waals surface area contributed by atoms with Gasteiger partial charge in [0.1, 0.15) is 0 Å². The number of hydrogen-bond donors (Lipinski definition) is 2. The van der Waals surface area contributed by atoms with Crippen LogP contribution in [0.4, 0.5) is 5.69 Å². The molecule has 3 atom stereocenters. The first-order chi connectivity index (χ1) is 11.1. The summed E-state index contributed by atoms with van der Waals surface area (Å²) >= 11 is 6.16. The van der Waals surface area contributed by atoms with Crippen molar-refractivity contribution in [2.24, 2.45) is 0 Å². The molecule has 0 saturated carbocycles. The van der Waals surface area contributed by atoms with E-state index in [0.29, 0.717) is 17.1 Å². The van der Waals surface area contributed by atoms with Crippen molar-refractivity contribution in [1.82, 2.24) is 0 Å². The molecule has 124 valence electrons. The van der Waals surface area contributed by atoms with Crippen molar-refractivity contribution in [3.05, 3.63) is 29.3 Å². The molecule has 0 bridgehead atoms. The SMILES string of the molecule is O=C1C[C@H]([NH+]2CCCC[C@@H]2CCO)C(=O)N1c1ccccc1Cl. The summed E-state index contributed by atoms with van der Waals surface area (Å²) in [5.41, 5.74) is 0.474. The first kappa shape index (κ1) is 16.4. The number of imide groups is 1. The molecule has 2 heterocycles. The van der Waals surface area contributed by atoms with Gasteiger partial charge in [-0.15, -0.1) is 0 Å². The quantitative estimate of drug-likeness (QED) is 0.799. The number of benzene rings is 1. The van der Waals surface area contributed by atoms with Crippen LogP contribution in [0.1, 0.15) is 32.1 Å². The maximum Gasteiger partial charge on any atom is 0.292 e. The molecule has 5 nitrogen and oxygen atoms in total. The van der Waals surface area contributed by atoms with Crippen LogP contribution in [0.2, 0.25) is 5.02 Å². The smallest absolute Gasteiger partial charge is 0.292 e. The number of amides is 2. The summed E-state index contributed by atoms with van der Waals surface area (Å²) in [7, 11) is 0. The van der Waals surface area contributed by atoms with Gasteiger partial charge in [-0.25, -0.2) is 4.90 Å². The van der Waals surface area contributed by atoms with Gasteiger partial charge in [-0.2, -0.15) is 0 Å². The molecule has 2 aliphatic heterocycles. The van der Waals surface area contributed by atoms with Gasteiger partial charge in [-0.3, -0.25) is 9.59 Å². The standard InChI is InChI=1S/C17H21ClN2O3/c18-13-6-1-2-7-14(13)20-16(22)11-15(17(20)23)19-9-4-3-5-12(19)8-10-21/h1-2,6-7,12,15,21H,3-5,8-11H2/p+1/t12-,15+/m1/s1. The molecule has 0 spiro atoms. The highest BCUT2D eigenvalue weighted by Crippen LogP contribution is 2.29. The highest BCUT2D eigenvalue weighted by atomic mass is 35.5. The molecule has 1 aromatic rings. The van der Waals surface area contributed by atoms with Gasteiger partial charge in [0.2, 0.25) is 5.91 Å². The first-order valence-electron chi connectivity index (χ1n) is 8.21. The fourth-order valence-electron chi connectivity index (χ4n) is 3.86. The minimum Gasteiger partial charge on any atom is -0.396 e. The number of halogens is 1. The number of anilines is 1. The number of para-hydroxylation sites is 1. The third-order valence-electron chi connectivity index (χ3n) is 4.96. The number of carbonyl (C=O) groups excluding carboxylic acids is 2. The van der Waals surface area contributed by atoms with Crippen LogP contribution in [-0.4, -0.2) is 42.2 Å². The molecule has 2 saturated heterocycles. The van der Waals surface area contributed by atoms with Gasteiger partial charge in [-0.05, 0) is 31.4 Å². The summed E-state index contributed by atoms with van der Waals surface area (Å²) < 4.78 is 0. The molecule has 2 fully saturated rings. The van der Waals surface area contributed by atoms with Crippen LogP contribution in [0.5, 0.6) is 0 Å². The van der Waals surface area contributed by atoms with Gasteiger partial charge < -0.3 is 10.0 Å². The second-order valence-electron chi connectivity index (χ2n) is 6.31. The third kappa shape index (κ3) is 3.13. The molecular formula is C17H22ClN2O3+. The van der Waals surface area contributed by atoms with Crippen LogP contribution >= 0.6 is 11.6 Å². The molecule has 0 radical (unpaired) electrons. The van der Waals surface area contributed by atoms with E-state index < -0.39 is 0 Å². The van der Waals surface area contributed by atoms with Gasteiger partial charge >= 0.3 is 0 Å². The van der Waals surface area contributed by atoms with E-state index in [0.717, 1.165) is 30.7 Å². The van der Waals surface area contributed by atoms with Gasteiger partial charge in [0, 0.05) is 13.0 Å². The van der Waals surface area contributed by atoms with Crippen molar-refractivity contribution in [3.63, 3.8) is 0 Å². The summed E-state index contributed by atoms with van der Waals surface area (Å²) in [6.07, 6.45) is 4.08. The van der Waals surface area contributed by atoms with Gasteiger partial charge in [0.25, 0.3) is 5.91 Å². The number of nitrogens with zero attached hydrogens (tertiary/aromatic N) is 1. The lowest BCUT2D eigenvalue weighted by molar-refractivity contribution is -0.945. The largest absolute Gasteiger partial charge is 0.396 e. The summed E-state index contributed by atoms with van der Waals surface area (Å²) in [6.45, 7) is 1.00. The Balaban J connectivity index is 1.84. The predicted octanol–water partition coefficient (Wildman–Crippen LogP) is 0.792. The summed E-state index contributed by atoms with van der Waals surface area (Å²) in [5.74, 6) is -0.350. The Morgan fingerprint density at radius 3 is 2.78 bits per heavy atom. The maximum atomic E-state index is 12.9. The Bertz CT molecular complexity index is 605. The topological polar surface area (TPSA) is 62.1 Å². The average Bonchev–Trinajstić information content (AvgIpc) is 2.84. The van der Waals surface area contributed by atoms with E-state index in [1.54, 1.807) is 24.3 Å². The van der Waals surface area contributed by atoms with Crippen molar-refractivity contribution in [2.45, 2.75) is 44.2 Å². The zero-order valence-electron chi connectivity index (χ0n) is 13.0. The number of hydrogen-bond acceptors (Lipinski definition) is 3. The van der Waals surface area contributed by atoms with Gasteiger partial charge in [0.15, 0.2) is 6.04 Å². The average molecular weight is 338 g/mol.